The number of benzene rings is 1. The van der Waals surface area contributed by atoms with Crippen molar-refractivity contribution in [3.63, 3.8) is 0 Å². The number of carbonyl (C=O) groups is 2. The third kappa shape index (κ3) is 5.52. The maximum atomic E-state index is 13.4. The Morgan fingerprint density at radius 3 is 2.38 bits per heavy atom. The average molecular weight is 457 g/mol. The maximum Gasteiger partial charge on any atom is 0.242 e. The number of hydrogen-bond acceptors (Lipinski definition) is 4. The summed E-state index contributed by atoms with van der Waals surface area (Å²) in [7, 11) is 0. The van der Waals surface area contributed by atoms with E-state index in [1.807, 2.05) is 44.7 Å². The Labute approximate surface area is 196 Å². The highest BCUT2D eigenvalue weighted by molar-refractivity contribution is 7.10. The van der Waals surface area contributed by atoms with Crippen LogP contribution < -0.4 is 4.74 Å². The summed E-state index contributed by atoms with van der Waals surface area (Å²) in [6.45, 7) is 13.2. The lowest BCUT2D eigenvalue weighted by Crippen LogP contribution is -2.50. The van der Waals surface area contributed by atoms with Crippen molar-refractivity contribution in [3.05, 3.63) is 51.7 Å². The molecule has 0 bridgehead atoms. The van der Waals surface area contributed by atoms with Gasteiger partial charge in [0.15, 0.2) is 0 Å². The van der Waals surface area contributed by atoms with Crippen molar-refractivity contribution >= 4 is 23.2 Å². The van der Waals surface area contributed by atoms with Crippen molar-refractivity contribution in [1.29, 1.82) is 0 Å². The maximum absolute atomic E-state index is 13.4. The highest BCUT2D eigenvalue weighted by atomic mass is 32.1. The van der Waals surface area contributed by atoms with Gasteiger partial charge in [0.1, 0.15) is 18.9 Å². The summed E-state index contributed by atoms with van der Waals surface area (Å²) >= 11 is 1.74. The summed E-state index contributed by atoms with van der Waals surface area (Å²) in [5, 5.41) is 2.09. The molecule has 1 aliphatic rings. The molecule has 0 saturated heterocycles. The third-order valence-corrected chi connectivity index (χ3v) is 7.07. The Kier molecular flexibility index (Phi) is 7.99. The Hall–Kier alpha value is -2.34. The van der Waals surface area contributed by atoms with E-state index in [0.717, 1.165) is 12.2 Å². The van der Waals surface area contributed by atoms with Gasteiger partial charge in [-0.3, -0.25) is 9.59 Å². The standard InChI is InChI=1S/C26H36N2O3S/c1-17(2)20-7-9-21(10-8-20)31-16-23-22-12-14-32-24(22)11-13-27(23)25(29)15-28(19(5)6)26(30)18(3)4/h7-10,12,14,17-19,23H,11,13,15-16H2,1-6H3/t23-/m1/s1. The van der Waals surface area contributed by atoms with Gasteiger partial charge in [0.25, 0.3) is 0 Å². The molecule has 5 nitrogen and oxygen atoms in total. The first-order valence-electron chi connectivity index (χ1n) is 11.6. The van der Waals surface area contributed by atoms with E-state index in [2.05, 4.69) is 37.4 Å². The molecule has 0 saturated carbocycles. The summed E-state index contributed by atoms with van der Waals surface area (Å²) < 4.78 is 6.16. The predicted molar refractivity (Wildman–Crippen MR) is 130 cm³/mol. The van der Waals surface area contributed by atoms with Gasteiger partial charge in [0.05, 0.1) is 6.04 Å². The van der Waals surface area contributed by atoms with Crippen LogP contribution in [0.25, 0.3) is 0 Å². The molecule has 0 fully saturated rings. The lowest BCUT2D eigenvalue weighted by molar-refractivity contribution is -0.145. The van der Waals surface area contributed by atoms with Crippen molar-refractivity contribution < 1.29 is 14.3 Å². The Bertz CT molecular complexity index is 917. The zero-order valence-corrected chi connectivity index (χ0v) is 20.9. The van der Waals surface area contributed by atoms with Gasteiger partial charge >= 0.3 is 0 Å². The van der Waals surface area contributed by atoms with Gasteiger partial charge in [-0.05, 0) is 60.9 Å². The molecule has 2 aromatic rings. The van der Waals surface area contributed by atoms with E-state index < -0.39 is 0 Å². The quantitative estimate of drug-likeness (QED) is 0.544. The smallest absolute Gasteiger partial charge is 0.242 e. The molecule has 0 unspecified atom stereocenters. The van der Waals surface area contributed by atoms with E-state index in [0.29, 0.717) is 19.1 Å². The normalized spacial score (nSPS) is 15.9. The average Bonchev–Trinajstić information content (AvgIpc) is 3.24. The monoisotopic (exact) mass is 456 g/mol. The van der Waals surface area contributed by atoms with Crippen LogP contribution in [0.5, 0.6) is 5.75 Å². The molecule has 2 heterocycles. The lowest BCUT2D eigenvalue weighted by atomic mass is 10.00. The fourth-order valence-corrected chi connectivity index (χ4v) is 5.01. The van der Waals surface area contributed by atoms with E-state index in [1.54, 1.807) is 16.2 Å². The summed E-state index contributed by atoms with van der Waals surface area (Å²) in [6, 6.07) is 10.1. The number of amides is 2. The number of hydrogen-bond donors (Lipinski definition) is 0. The Balaban J connectivity index is 1.76. The highest BCUT2D eigenvalue weighted by Gasteiger charge is 2.34. The van der Waals surface area contributed by atoms with Gasteiger partial charge < -0.3 is 14.5 Å². The second-order valence-electron chi connectivity index (χ2n) is 9.40. The highest BCUT2D eigenvalue weighted by Crippen LogP contribution is 2.34. The first kappa shape index (κ1) is 24.3. The summed E-state index contributed by atoms with van der Waals surface area (Å²) in [4.78, 5) is 31.0. The fourth-order valence-electron chi connectivity index (χ4n) is 4.08. The molecular weight excluding hydrogens is 420 g/mol. The molecule has 3 rings (SSSR count). The SMILES string of the molecule is CC(C)C(=O)N(CC(=O)N1CCc2sccc2[C@H]1COc1ccc(C(C)C)cc1)C(C)C. The molecule has 0 aliphatic carbocycles. The van der Waals surface area contributed by atoms with Gasteiger partial charge in [-0.25, -0.2) is 0 Å². The van der Waals surface area contributed by atoms with Gasteiger partial charge in [-0.2, -0.15) is 0 Å². The first-order chi connectivity index (χ1) is 15.2. The number of thiophene rings is 1. The molecule has 0 N–H and O–H groups in total. The number of ether oxygens (including phenoxy) is 1. The Morgan fingerprint density at radius 1 is 1.09 bits per heavy atom. The second-order valence-corrected chi connectivity index (χ2v) is 10.4. The second kappa shape index (κ2) is 10.5. The van der Waals surface area contributed by atoms with Crippen molar-refractivity contribution in [2.45, 2.75) is 66.0 Å². The van der Waals surface area contributed by atoms with Gasteiger partial charge in [-0.1, -0.05) is 39.8 Å². The fraction of sp³-hybridized carbons (Fsp3) is 0.538. The van der Waals surface area contributed by atoms with E-state index >= 15 is 0 Å². The van der Waals surface area contributed by atoms with Crippen LogP contribution >= 0.6 is 11.3 Å². The van der Waals surface area contributed by atoms with Crippen molar-refractivity contribution in [3.8, 4) is 5.75 Å². The van der Waals surface area contributed by atoms with Gasteiger partial charge in [-0.15, -0.1) is 11.3 Å². The number of fused-ring (bicyclic) bond motifs is 1. The lowest BCUT2D eigenvalue weighted by Gasteiger charge is -2.38. The molecular formula is C26H36N2O3S. The van der Waals surface area contributed by atoms with E-state index in [-0.39, 0.29) is 36.4 Å². The van der Waals surface area contributed by atoms with Crippen molar-refractivity contribution in [2.75, 3.05) is 19.7 Å². The first-order valence-corrected chi connectivity index (χ1v) is 12.5. The van der Waals surface area contributed by atoms with E-state index in [4.69, 9.17) is 4.74 Å². The van der Waals surface area contributed by atoms with Gasteiger partial charge in [0, 0.05) is 23.4 Å². The van der Waals surface area contributed by atoms with Crippen LogP contribution in [0.15, 0.2) is 35.7 Å². The van der Waals surface area contributed by atoms with Crippen LogP contribution in [-0.4, -0.2) is 47.4 Å². The molecule has 1 aromatic heterocycles. The molecule has 2 amide bonds. The van der Waals surface area contributed by atoms with Crippen molar-refractivity contribution in [2.24, 2.45) is 5.92 Å². The minimum Gasteiger partial charge on any atom is -0.491 e. The largest absolute Gasteiger partial charge is 0.491 e. The van der Waals surface area contributed by atoms with Crippen LogP contribution in [-0.2, 0) is 16.0 Å². The molecule has 6 heteroatoms. The van der Waals surface area contributed by atoms with Crippen LogP contribution in [0.4, 0.5) is 0 Å². The molecule has 0 radical (unpaired) electrons. The van der Waals surface area contributed by atoms with Crippen LogP contribution in [0.3, 0.4) is 0 Å². The topological polar surface area (TPSA) is 49.9 Å². The number of carbonyl (C=O) groups excluding carboxylic acids is 2. The zero-order chi connectivity index (χ0) is 23.4. The molecule has 174 valence electrons. The van der Waals surface area contributed by atoms with Gasteiger partial charge in [0.2, 0.25) is 11.8 Å². The van der Waals surface area contributed by atoms with Crippen LogP contribution in [0.1, 0.15) is 69.5 Å². The van der Waals surface area contributed by atoms with Crippen LogP contribution in [0.2, 0.25) is 0 Å². The zero-order valence-electron chi connectivity index (χ0n) is 20.1. The molecule has 1 aliphatic heterocycles. The summed E-state index contributed by atoms with van der Waals surface area (Å²) in [5.41, 5.74) is 2.44. The van der Waals surface area contributed by atoms with E-state index in [1.165, 1.54) is 16.0 Å². The molecule has 1 atom stereocenters. The minimum atomic E-state index is -0.148. The number of rotatable bonds is 8. The van der Waals surface area contributed by atoms with Crippen LogP contribution in [0, 0.1) is 5.92 Å². The van der Waals surface area contributed by atoms with Crippen molar-refractivity contribution in [1.82, 2.24) is 9.80 Å². The summed E-state index contributed by atoms with van der Waals surface area (Å²) in [5.74, 6) is 1.14. The minimum absolute atomic E-state index is 0.0135. The third-order valence-electron chi connectivity index (χ3n) is 6.08. The summed E-state index contributed by atoms with van der Waals surface area (Å²) in [6.07, 6.45) is 0.845. The number of nitrogens with zero attached hydrogens (tertiary/aromatic N) is 2. The molecule has 0 spiro atoms. The molecule has 1 aromatic carbocycles. The predicted octanol–water partition coefficient (Wildman–Crippen LogP) is 5.27. The Morgan fingerprint density at radius 2 is 1.78 bits per heavy atom. The molecule has 32 heavy (non-hydrogen) atoms. The van der Waals surface area contributed by atoms with E-state index in [9.17, 15) is 9.59 Å².